The maximum Gasteiger partial charge on any atom is 0.316 e. The summed E-state index contributed by atoms with van der Waals surface area (Å²) in [5, 5.41) is 0. The summed E-state index contributed by atoms with van der Waals surface area (Å²) in [6, 6.07) is 0. The van der Waals surface area contributed by atoms with E-state index in [9.17, 15) is 0 Å². The zero-order valence-corrected chi connectivity index (χ0v) is 8.45. The van der Waals surface area contributed by atoms with Crippen molar-refractivity contribution in [3.05, 3.63) is 0 Å². The third kappa shape index (κ3) is 1630. The van der Waals surface area contributed by atoms with E-state index in [0.29, 0.717) is 0 Å². The fourth-order valence-electron chi connectivity index (χ4n) is 0. The topological polar surface area (TPSA) is 378 Å². The normalized spacial score (nSPS) is 0. The quantitative estimate of drug-likeness (QED) is 0.368. The van der Waals surface area contributed by atoms with Crippen molar-refractivity contribution in [2.45, 2.75) is 0 Å². The summed E-state index contributed by atoms with van der Waals surface area (Å²) < 4.78 is 0. The number of hydrogen-bond donors (Lipinski definition) is 0. The Bertz CT molecular complexity index is 19.0. The highest BCUT2D eigenvalue weighted by Gasteiger charge is 0.316. The van der Waals surface area contributed by atoms with Crippen LogP contribution in [0.3, 0.4) is 0 Å². The Morgan fingerprint density at radius 3 is 0.250 bits per heavy atom. The smallest absolute Gasteiger partial charge is 0.316 e. The molecule has 0 fully saturated rings. The minimum Gasteiger partial charge on any atom is -0.412 e. The van der Waals surface area contributed by atoms with Crippen LogP contribution in [-0.4, -0.2) is 106 Å². The highest BCUT2D eigenvalue weighted by atomic mass is 35.5. The SMILES string of the molecule is Cl.Cl.O.O.O.O.O.O.O.O.O.O.O.O.[AlH3].[MgH2]. The monoisotopic (exact) mass is 344 g/mol. The van der Waals surface area contributed by atoms with Gasteiger partial charge in [0.15, 0.2) is 17.4 Å². The van der Waals surface area contributed by atoms with Gasteiger partial charge >= 0.3 is 23.1 Å². The first-order valence-electron chi connectivity index (χ1n) is 0. The van der Waals surface area contributed by atoms with E-state index in [1.165, 1.54) is 0 Å². The first kappa shape index (κ1) is 2390. The highest BCUT2D eigenvalue weighted by molar-refractivity contribution is 5.85. The lowest BCUT2D eigenvalue weighted by molar-refractivity contribution is 0.823. The van der Waals surface area contributed by atoms with Crippen molar-refractivity contribution in [1.29, 1.82) is 0 Å². The van der Waals surface area contributed by atoms with E-state index in [2.05, 4.69) is 0 Å². The van der Waals surface area contributed by atoms with Gasteiger partial charge < -0.3 is 65.7 Å². The molecule has 0 saturated carbocycles. The zero-order chi connectivity index (χ0) is 0. The van der Waals surface area contributed by atoms with E-state index >= 15 is 0 Å². The molecular formula is H31AlCl2MgO12. The summed E-state index contributed by atoms with van der Waals surface area (Å²) in [6.07, 6.45) is 0. The number of hydrogen-bond acceptors (Lipinski definition) is 0. The van der Waals surface area contributed by atoms with Gasteiger partial charge in [0.1, 0.15) is 0 Å². The van der Waals surface area contributed by atoms with Crippen molar-refractivity contribution in [3.63, 3.8) is 0 Å². The van der Waals surface area contributed by atoms with E-state index in [4.69, 9.17) is 0 Å². The van der Waals surface area contributed by atoms with Crippen LogP contribution in [0.2, 0.25) is 0 Å². The molecule has 0 aliphatic rings. The standard InChI is InChI=1S/Al.2ClH.Mg.12H2O.5H/h;2*1H;;12*1H2;;;;;. The Morgan fingerprint density at radius 2 is 0.250 bits per heavy atom. The van der Waals surface area contributed by atoms with Crippen LogP contribution in [0.1, 0.15) is 0 Å². The van der Waals surface area contributed by atoms with Crippen LogP contribution in [0.5, 0.6) is 0 Å². The minimum atomic E-state index is 0. The summed E-state index contributed by atoms with van der Waals surface area (Å²) >= 11 is 0. The molecule has 12 nitrogen and oxygen atoms in total. The van der Waals surface area contributed by atoms with Gasteiger partial charge in [0, 0.05) is 0 Å². The van der Waals surface area contributed by atoms with Crippen LogP contribution in [0, 0.1) is 0 Å². The molecular weight excluding hydrogens is 314 g/mol. The van der Waals surface area contributed by atoms with Gasteiger partial charge in [-0.25, -0.2) is 0 Å². The molecule has 0 unspecified atom stereocenters. The average Bonchev–Trinajstić information content (AvgIpc) is 0. The fourth-order valence-corrected chi connectivity index (χ4v) is 0. The van der Waals surface area contributed by atoms with Crippen LogP contribution in [0.4, 0.5) is 0 Å². The van der Waals surface area contributed by atoms with E-state index in [0.717, 1.165) is 0 Å². The molecule has 0 atom stereocenters. The second-order valence-corrected chi connectivity index (χ2v) is 0. The van der Waals surface area contributed by atoms with Crippen molar-refractivity contribution in [1.82, 2.24) is 0 Å². The molecule has 0 aliphatic carbocycles. The molecule has 16 heteroatoms. The fraction of sp³-hybridized carbons (Fsp3) is 0. The highest BCUT2D eigenvalue weighted by Crippen LogP contribution is 0.691. The third-order valence-corrected chi connectivity index (χ3v) is 0. The molecule has 0 bridgehead atoms. The predicted octanol–water partition coefficient (Wildman–Crippen LogP) is -11.2. The zero-order valence-electron chi connectivity index (χ0n) is 6.82. The molecule has 122 valence electrons. The molecule has 0 amide bonds. The predicted molar refractivity (Wildman–Crippen MR) is 76.3 cm³/mol. The van der Waals surface area contributed by atoms with Gasteiger partial charge in [0.05, 0.1) is 0 Å². The number of halogens is 2. The van der Waals surface area contributed by atoms with E-state index in [-0.39, 0.29) is 131 Å². The Hall–Kier alpha value is 1.40. The van der Waals surface area contributed by atoms with Gasteiger partial charge in [-0.15, -0.1) is 24.8 Å². The van der Waals surface area contributed by atoms with Crippen LogP contribution in [-0.2, 0) is 0 Å². The lowest BCUT2D eigenvalue weighted by Crippen LogP contribution is -0.382. The maximum atomic E-state index is 0. The van der Waals surface area contributed by atoms with Crippen molar-refractivity contribution in [2.24, 2.45) is 0 Å². The largest absolute Gasteiger partial charge is 0.412 e. The van der Waals surface area contributed by atoms with E-state index in [1.54, 1.807) is 0 Å². The summed E-state index contributed by atoms with van der Waals surface area (Å²) in [6.45, 7) is 0. The lowest BCUT2D eigenvalue weighted by atomic mass is 16.0. The van der Waals surface area contributed by atoms with Crippen molar-refractivity contribution in [3.8, 4) is 0 Å². The van der Waals surface area contributed by atoms with Crippen molar-refractivity contribution in [2.75, 3.05) is 0 Å². The molecule has 0 spiro atoms. The molecule has 0 aliphatic heterocycles. The lowest BCUT2D eigenvalue weighted by Gasteiger charge is -0.413. The first-order chi connectivity index (χ1) is 0. The summed E-state index contributed by atoms with van der Waals surface area (Å²) in [7, 11) is 0. The summed E-state index contributed by atoms with van der Waals surface area (Å²) in [5.41, 5.74) is 0. The second-order valence-electron chi connectivity index (χ2n) is 0. The van der Waals surface area contributed by atoms with Gasteiger partial charge in [0.2, 0.25) is 0 Å². The van der Waals surface area contributed by atoms with Crippen LogP contribution in [0.15, 0.2) is 0 Å². The summed E-state index contributed by atoms with van der Waals surface area (Å²) in [5.74, 6) is 0. The van der Waals surface area contributed by atoms with Crippen molar-refractivity contribution < 1.29 is 65.7 Å². The third-order valence-electron chi connectivity index (χ3n) is 0. The molecule has 24 N–H and O–H groups in total. The Labute approximate surface area is 131 Å². The van der Waals surface area contributed by atoms with Crippen LogP contribution >= 0.6 is 24.8 Å². The number of rotatable bonds is 0. The molecule has 0 aromatic heterocycles. The van der Waals surface area contributed by atoms with Crippen LogP contribution < -0.4 is 0 Å². The molecule has 0 heterocycles. The first-order valence-corrected chi connectivity index (χ1v) is 0. The Kier molecular flexibility index (Phi) is 297000. The molecule has 0 radical (unpaired) electrons. The molecule has 0 aromatic carbocycles. The molecule has 0 aromatic rings. The molecule has 0 saturated heterocycles. The van der Waals surface area contributed by atoms with Gasteiger partial charge in [-0.2, -0.15) is 0 Å². The average molecular weight is 345 g/mol. The maximum absolute atomic E-state index is 0. The Morgan fingerprint density at radius 1 is 0.250 bits per heavy atom. The minimum absolute atomic E-state index is 0. The van der Waals surface area contributed by atoms with Gasteiger partial charge in [-0.3, -0.25) is 0 Å². The molecule has 0 rings (SSSR count). The van der Waals surface area contributed by atoms with Crippen molar-refractivity contribution >= 4 is 65.2 Å². The van der Waals surface area contributed by atoms with Gasteiger partial charge in [-0.05, 0) is 0 Å². The summed E-state index contributed by atoms with van der Waals surface area (Å²) in [4.78, 5) is 0. The van der Waals surface area contributed by atoms with E-state index < -0.39 is 0 Å². The van der Waals surface area contributed by atoms with Crippen LogP contribution in [0.25, 0.3) is 0 Å². The second kappa shape index (κ2) is 1990. The van der Waals surface area contributed by atoms with Gasteiger partial charge in [0.25, 0.3) is 0 Å². The van der Waals surface area contributed by atoms with E-state index in [1.807, 2.05) is 0 Å². The van der Waals surface area contributed by atoms with Gasteiger partial charge in [-0.1, -0.05) is 0 Å². The molecule has 16 heavy (non-hydrogen) atoms. The Balaban J connectivity index is 0.